The Balaban J connectivity index is 1.47. The van der Waals surface area contributed by atoms with Crippen LogP contribution >= 0.6 is 11.6 Å². The molecule has 0 radical (unpaired) electrons. The van der Waals surface area contributed by atoms with Crippen molar-refractivity contribution in [2.75, 3.05) is 30.5 Å². The minimum absolute atomic E-state index is 0.354. The molecule has 2 aromatic heterocycles. The molecule has 2 N–H and O–H groups in total. The van der Waals surface area contributed by atoms with E-state index in [0.29, 0.717) is 28.5 Å². The molecule has 0 bridgehead atoms. The highest BCUT2D eigenvalue weighted by molar-refractivity contribution is 7.92. The Morgan fingerprint density at radius 2 is 1.85 bits per heavy atom. The van der Waals surface area contributed by atoms with E-state index in [4.69, 9.17) is 21.1 Å². The number of ether oxygens (including phenoxy) is 2. The summed E-state index contributed by atoms with van der Waals surface area (Å²) in [4.78, 5) is 0. The summed E-state index contributed by atoms with van der Waals surface area (Å²) in [5, 5.41) is 17.7. The fourth-order valence-corrected chi connectivity index (χ4v) is 4.92. The standard InChI is InChI=1S/C27H25ClN6O4S/c1-37-21-7-4-18(27(12-21)38-2)13-29-25-15-30-32-24-10-17(5-8-22(24)25)23-11-19(28)6-9-26(23)34-16-20(14-31-34)33-39(3,35)36/h4-12,14-16,33H,13H2,1-3H3,(H,29,32). The third-order valence-corrected chi connectivity index (χ3v) is 6.85. The monoisotopic (exact) mass is 564 g/mol. The molecule has 0 atom stereocenters. The summed E-state index contributed by atoms with van der Waals surface area (Å²) in [6, 6.07) is 16.9. The summed E-state index contributed by atoms with van der Waals surface area (Å²) in [7, 11) is -0.191. The molecule has 0 saturated carbocycles. The summed E-state index contributed by atoms with van der Waals surface area (Å²) in [6.07, 6.45) is 5.82. The second-order valence-electron chi connectivity index (χ2n) is 8.73. The third-order valence-electron chi connectivity index (χ3n) is 6.01. The van der Waals surface area contributed by atoms with E-state index in [1.54, 1.807) is 37.4 Å². The third kappa shape index (κ3) is 5.89. The quantitative estimate of drug-likeness (QED) is 0.252. The Hall–Kier alpha value is -4.35. The smallest absolute Gasteiger partial charge is 0.229 e. The SMILES string of the molecule is COc1ccc(CNc2cnnc3cc(-c4cc(Cl)ccc4-n4cc(NS(C)(=O)=O)cn4)ccc23)c(OC)c1. The van der Waals surface area contributed by atoms with Gasteiger partial charge in [0.25, 0.3) is 0 Å². The van der Waals surface area contributed by atoms with Crippen LogP contribution in [0.15, 0.2) is 73.2 Å². The molecule has 5 rings (SSSR count). The summed E-state index contributed by atoms with van der Waals surface area (Å²) in [6.45, 7) is 0.511. The molecule has 39 heavy (non-hydrogen) atoms. The molecule has 0 saturated heterocycles. The number of nitrogens with zero attached hydrogens (tertiary/aromatic N) is 4. The second kappa shape index (κ2) is 10.8. The van der Waals surface area contributed by atoms with E-state index in [-0.39, 0.29) is 0 Å². The van der Waals surface area contributed by atoms with E-state index in [2.05, 4.69) is 25.3 Å². The number of benzene rings is 3. The summed E-state index contributed by atoms with van der Waals surface area (Å²) in [5.74, 6) is 1.44. The van der Waals surface area contributed by atoms with Gasteiger partial charge in [0.15, 0.2) is 0 Å². The molecule has 12 heteroatoms. The molecule has 2 heterocycles. The first-order valence-electron chi connectivity index (χ1n) is 11.8. The summed E-state index contributed by atoms with van der Waals surface area (Å²) < 4.78 is 38.1. The number of aromatic nitrogens is 4. The average molecular weight is 565 g/mol. The second-order valence-corrected chi connectivity index (χ2v) is 10.9. The molecule has 0 amide bonds. The fourth-order valence-electron chi connectivity index (χ4n) is 4.22. The molecular formula is C27H25ClN6O4S. The number of anilines is 2. The molecule has 200 valence electrons. The van der Waals surface area contributed by atoms with Gasteiger partial charge in [0.1, 0.15) is 11.5 Å². The topological polar surface area (TPSA) is 120 Å². The number of methoxy groups -OCH3 is 2. The van der Waals surface area contributed by atoms with Gasteiger partial charge in [-0.2, -0.15) is 15.3 Å². The Bertz CT molecular complexity index is 1770. The number of fused-ring (bicyclic) bond motifs is 1. The molecule has 0 unspecified atom stereocenters. The molecule has 3 aromatic carbocycles. The first-order chi connectivity index (χ1) is 18.7. The van der Waals surface area contributed by atoms with Gasteiger partial charge in [-0.3, -0.25) is 4.72 Å². The van der Waals surface area contributed by atoms with Crippen LogP contribution in [0.4, 0.5) is 11.4 Å². The van der Waals surface area contributed by atoms with Crippen LogP contribution in [0.1, 0.15) is 5.56 Å². The Labute approximate surface area is 230 Å². The predicted octanol–water partition coefficient (Wildman–Crippen LogP) is 5.14. The Morgan fingerprint density at radius 3 is 2.62 bits per heavy atom. The maximum Gasteiger partial charge on any atom is 0.229 e. The van der Waals surface area contributed by atoms with Crippen LogP contribution in [-0.2, 0) is 16.6 Å². The lowest BCUT2D eigenvalue weighted by Crippen LogP contribution is -2.08. The zero-order chi connectivity index (χ0) is 27.6. The molecule has 0 aliphatic rings. The van der Waals surface area contributed by atoms with Crippen molar-refractivity contribution in [3.05, 3.63) is 83.8 Å². The van der Waals surface area contributed by atoms with E-state index >= 15 is 0 Å². The van der Waals surface area contributed by atoms with Gasteiger partial charge >= 0.3 is 0 Å². The highest BCUT2D eigenvalue weighted by atomic mass is 35.5. The van der Waals surface area contributed by atoms with Gasteiger partial charge in [-0.05, 0) is 48.0 Å². The van der Waals surface area contributed by atoms with Crippen molar-refractivity contribution in [2.24, 2.45) is 0 Å². The first-order valence-corrected chi connectivity index (χ1v) is 14.0. The number of nitrogens with one attached hydrogen (secondary N) is 2. The van der Waals surface area contributed by atoms with Gasteiger partial charge in [-0.1, -0.05) is 17.7 Å². The van der Waals surface area contributed by atoms with E-state index in [1.165, 1.54) is 6.20 Å². The van der Waals surface area contributed by atoms with Gasteiger partial charge in [0, 0.05) is 34.1 Å². The minimum atomic E-state index is -3.43. The normalized spacial score (nSPS) is 11.4. The van der Waals surface area contributed by atoms with E-state index in [1.807, 2.05) is 48.5 Å². The zero-order valence-electron chi connectivity index (χ0n) is 21.3. The molecule has 5 aromatic rings. The minimum Gasteiger partial charge on any atom is -0.497 e. The molecule has 0 aliphatic heterocycles. The number of hydrogen-bond donors (Lipinski definition) is 2. The maximum atomic E-state index is 11.6. The van der Waals surface area contributed by atoms with Crippen molar-refractivity contribution in [1.29, 1.82) is 0 Å². The lowest BCUT2D eigenvalue weighted by Gasteiger charge is -2.14. The van der Waals surface area contributed by atoms with Gasteiger partial charge < -0.3 is 14.8 Å². The van der Waals surface area contributed by atoms with E-state index < -0.39 is 10.0 Å². The van der Waals surface area contributed by atoms with Crippen LogP contribution in [0.5, 0.6) is 11.5 Å². The number of rotatable bonds is 9. The first kappa shape index (κ1) is 26.3. The van der Waals surface area contributed by atoms with Crippen molar-refractivity contribution >= 4 is 43.9 Å². The number of halogens is 1. The Morgan fingerprint density at radius 1 is 1.00 bits per heavy atom. The summed E-state index contributed by atoms with van der Waals surface area (Å²) >= 11 is 6.36. The zero-order valence-corrected chi connectivity index (χ0v) is 22.9. The lowest BCUT2D eigenvalue weighted by atomic mass is 10.0. The number of sulfonamides is 1. The molecule has 0 spiro atoms. The van der Waals surface area contributed by atoms with Crippen LogP contribution in [0, 0.1) is 0 Å². The molecule has 0 aliphatic carbocycles. The predicted molar refractivity (Wildman–Crippen MR) is 152 cm³/mol. The number of hydrogen-bond acceptors (Lipinski definition) is 8. The summed E-state index contributed by atoms with van der Waals surface area (Å²) in [5.41, 5.74) is 5.18. The van der Waals surface area contributed by atoms with Crippen molar-refractivity contribution in [3.63, 3.8) is 0 Å². The van der Waals surface area contributed by atoms with Gasteiger partial charge in [0.05, 0.1) is 61.6 Å². The van der Waals surface area contributed by atoms with Crippen molar-refractivity contribution < 1.29 is 17.9 Å². The molecule has 0 fully saturated rings. The van der Waals surface area contributed by atoms with Crippen LogP contribution < -0.4 is 19.5 Å². The van der Waals surface area contributed by atoms with Crippen molar-refractivity contribution in [3.8, 4) is 28.3 Å². The van der Waals surface area contributed by atoms with Crippen molar-refractivity contribution in [2.45, 2.75) is 6.54 Å². The van der Waals surface area contributed by atoms with Crippen LogP contribution in [0.3, 0.4) is 0 Å². The highest BCUT2D eigenvalue weighted by Crippen LogP contribution is 2.33. The van der Waals surface area contributed by atoms with Gasteiger partial charge in [-0.25, -0.2) is 13.1 Å². The lowest BCUT2D eigenvalue weighted by molar-refractivity contribution is 0.391. The van der Waals surface area contributed by atoms with Crippen LogP contribution in [-0.4, -0.2) is 48.9 Å². The maximum absolute atomic E-state index is 11.6. The average Bonchev–Trinajstić information content (AvgIpc) is 3.37. The molecular weight excluding hydrogens is 540 g/mol. The van der Waals surface area contributed by atoms with Crippen LogP contribution in [0.25, 0.3) is 27.7 Å². The Kier molecular flexibility index (Phi) is 7.27. The highest BCUT2D eigenvalue weighted by Gasteiger charge is 2.14. The molecule has 10 nitrogen and oxygen atoms in total. The van der Waals surface area contributed by atoms with E-state index in [9.17, 15) is 8.42 Å². The fraction of sp³-hybridized carbons (Fsp3) is 0.148. The van der Waals surface area contributed by atoms with Crippen LogP contribution in [0.2, 0.25) is 5.02 Å². The van der Waals surface area contributed by atoms with Gasteiger partial charge in [-0.15, -0.1) is 0 Å². The van der Waals surface area contributed by atoms with Gasteiger partial charge in [0.2, 0.25) is 10.0 Å². The largest absolute Gasteiger partial charge is 0.497 e. The van der Waals surface area contributed by atoms with E-state index in [0.717, 1.165) is 45.5 Å². The van der Waals surface area contributed by atoms with Crippen molar-refractivity contribution in [1.82, 2.24) is 20.0 Å².